The van der Waals surface area contributed by atoms with Crippen molar-refractivity contribution in [3.63, 3.8) is 0 Å². The topological polar surface area (TPSA) is 49.6 Å². The molecule has 0 aromatic rings. The Labute approximate surface area is 130 Å². The maximum Gasteiger partial charge on any atom is 0.225 e. The van der Waals surface area contributed by atoms with Crippen LogP contribution in [0.25, 0.3) is 0 Å². The van der Waals surface area contributed by atoms with Gasteiger partial charge in [0.25, 0.3) is 0 Å². The molecule has 1 heterocycles. The minimum Gasteiger partial charge on any atom is -0.342 e. The highest BCUT2D eigenvalue weighted by molar-refractivity contribution is 5.78. The molecular weight excluding hydrogens is 262 g/mol. The molecule has 0 aromatic heterocycles. The van der Waals surface area contributed by atoms with Crippen LogP contribution in [0.3, 0.4) is 0 Å². The zero-order valence-corrected chi connectivity index (χ0v) is 14.1. The van der Waals surface area contributed by atoms with E-state index in [4.69, 9.17) is 5.73 Å². The highest BCUT2D eigenvalue weighted by atomic mass is 16.2. The molecule has 0 radical (unpaired) electrons. The average Bonchev–Trinajstić information content (AvgIpc) is 2.46. The minimum absolute atomic E-state index is 0.154. The number of nitrogens with two attached hydrogens (primary N) is 1. The van der Waals surface area contributed by atoms with Gasteiger partial charge >= 0.3 is 0 Å². The molecular formula is C17H33N3O. The van der Waals surface area contributed by atoms with Crippen LogP contribution < -0.4 is 5.73 Å². The van der Waals surface area contributed by atoms with E-state index in [0.717, 1.165) is 51.2 Å². The molecule has 3 unspecified atom stereocenters. The Balaban J connectivity index is 1.81. The van der Waals surface area contributed by atoms with E-state index in [2.05, 4.69) is 30.8 Å². The predicted molar refractivity (Wildman–Crippen MR) is 87.0 cm³/mol. The van der Waals surface area contributed by atoms with Crippen LogP contribution in [0.2, 0.25) is 0 Å². The first-order chi connectivity index (χ1) is 9.97. The van der Waals surface area contributed by atoms with Crippen LogP contribution >= 0.6 is 0 Å². The minimum atomic E-state index is 0.154. The first-order valence-electron chi connectivity index (χ1n) is 8.66. The molecule has 0 bridgehead atoms. The molecule has 0 aromatic carbocycles. The second-order valence-electron chi connectivity index (χ2n) is 7.51. The Morgan fingerprint density at radius 2 is 1.90 bits per heavy atom. The normalized spacial score (nSPS) is 29.7. The highest BCUT2D eigenvalue weighted by Gasteiger charge is 2.32. The molecule has 122 valence electrons. The van der Waals surface area contributed by atoms with Crippen molar-refractivity contribution in [1.29, 1.82) is 0 Å². The molecule has 1 aliphatic heterocycles. The van der Waals surface area contributed by atoms with Gasteiger partial charge in [-0.25, -0.2) is 0 Å². The lowest BCUT2D eigenvalue weighted by Crippen LogP contribution is -2.45. The van der Waals surface area contributed by atoms with Crippen LogP contribution in [0.5, 0.6) is 0 Å². The molecule has 21 heavy (non-hydrogen) atoms. The van der Waals surface area contributed by atoms with E-state index < -0.39 is 0 Å². The Morgan fingerprint density at radius 1 is 1.24 bits per heavy atom. The van der Waals surface area contributed by atoms with E-state index in [9.17, 15) is 4.79 Å². The molecule has 1 amide bonds. The van der Waals surface area contributed by atoms with E-state index in [-0.39, 0.29) is 5.92 Å². The molecule has 3 atom stereocenters. The largest absolute Gasteiger partial charge is 0.342 e. The van der Waals surface area contributed by atoms with Crippen LogP contribution in [0.15, 0.2) is 0 Å². The lowest BCUT2D eigenvalue weighted by Gasteiger charge is -2.37. The summed E-state index contributed by atoms with van der Waals surface area (Å²) in [5.74, 6) is 1.78. The number of piperidine rings is 1. The van der Waals surface area contributed by atoms with Gasteiger partial charge in [0.15, 0.2) is 0 Å². The number of carbonyl (C=O) groups is 1. The molecule has 2 fully saturated rings. The summed E-state index contributed by atoms with van der Waals surface area (Å²) in [5, 5.41) is 0. The van der Waals surface area contributed by atoms with Crippen molar-refractivity contribution in [3.05, 3.63) is 0 Å². The summed E-state index contributed by atoms with van der Waals surface area (Å²) in [5.41, 5.74) is 6.08. The van der Waals surface area contributed by atoms with Gasteiger partial charge in [0.1, 0.15) is 0 Å². The number of hydrogen-bond donors (Lipinski definition) is 1. The van der Waals surface area contributed by atoms with Crippen molar-refractivity contribution in [3.8, 4) is 0 Å². The first-order valence-corrected chi connectivity index (χ1v) is 8.66. The van der Waals surface area contributed by atoms with Gasteiger partial charge in [-0.05, 0) is 58.0 Å². The van der Waals surface area contributed by atoms with Gasteiger partial charge in [0.05, 0.1) is 0 Å². The molecule has 2 aliphatic rings. The second-order valence-corrected chi connectivity index (χ2v) is 7.51. The maximum absolute atomic E-state index is 12.7. The Morgan fingerprint density at radius 3 is 2.48 bits per heavy atom. The third-order valence-electron chi connectivity index (χ3n) is 5.40. The van der Waals surface area contributed by atoms with Gasteiger partial charge in [-0.1, -0.05) is 13.3 Å². The summed E-state index contributed by atoms with van der Waals surface area (Å²) in [6.45, 7) is 5.16. The molecule has 1 aliphatic carbocycles. The lowest BCUT2D eigenvalue weighted by molar-refractivity contribution is -0.138. The standard InChI is InChI=1S/C17H33N3O/c1-13(15-5-4-6-16(18)11-15)17(21)20-9-7-14(8-10-20)12-19(2)3/h13-16H,4-12,18H2,1-3H3. The number of carbonyl (C=O) groups excluding carboxylic acids is 1. The van der Waals surface area contributed by atoms with Gasteiger partial charge < -0.3 is 15.5 Å². The number of amides is 1. The Kier molecular flexibility index (Phi) is 6.06. The van der Waals surface area contributed by atoms with Crippen LogP contribution in [0.4, 0.5) is 0 Å². The molecule has 2 N–H and O–H groups in total. The van der Waals surface area contributed by atoms with Crippen molar-refractivity contribution in [2.75, 3.05) is 33.7 Å². The summed E-state index contributed by atoms with van der Waals surface area (Å²) in [4.78, 5) is 17.1. The quantitative estimate of drug-likeness (QED) is 0.862. The van der Waals surface area contributed by atoms with Gasteiger partial charge in [0, 0.05) is 31.6 Å². The van der Waals surface area contributed by atoms with Crippen LogP contribution in [-0.2, 0) is 4.79 Å². The van der Waals surface area contributed by atoms with E-state index in [1.54, 1.807) is 0 Å². The maximum atomic E-state index is 12.7. The van der Waals surface area contributed by atoms with E-state index in [1.807, 2.05) is 0 Å². The third-order valence-corrected chi connectivity index (χ3v) is 5.40. The van der Waals surface area contributed by atoms with E-state index >= 15 is 0 Å². The summed E-state index contributed by atoms with van der Waals surface area (Å²) < 4.78 is 0. The monoisotopic (exact) mass is 295 g/mol. The zero-order chi connectivity index (χ0) is 15.4. The summed E-state index contributed by atoms with van der Waals surface area (Å²) in [6.07, 6.45) is 6.84. The molecule has 1 saturated carbocycles. The van der Waals surface area contributed by atoms with E-state index in [1.165, 1.54) is 12.8 Å². The molecule has 4 nitrogen and oxygen atoms in total. The van der Waals surface area contributed by atoms with Crippen LogP contribution in [-0.4, -0.2) is 55.5 Å². The second kappa shape index (κ2) is 7.59. The van der Waals surface area contributed by atoms with E-state index in [0.29, 0.717) is 17.9 Å². The molecule has 0 spiro atoms. The average molecular weight is 295 g/mol. The van der Waals surface area contributed by atoms with Crippen molar-refractivity contribution in [2.45, 2.75) is 51.5 Å². The number of rotatable bonds is 4. The number of hydrogen-bond acceptors (Lipinski definition) is 3. The van der Waals surface area contributed by atoms with Gasteiger partial charge in [-0.15, -0.1) is 0 Å². The molecule has 2 rings (SSSR count). The fraction of sp³-hybridized carbons (Fsp3) is 0.941. The summed E-state index contributed by atoms with van der Waals surface area (Å²) >= 11 is 0. The van der Waals surface area contributed by atoms with Crippen LogP contribution in [0.1, 0.15) is 45.4 Å². The lowest BCUT2D eigenvalue weighted by atomic mass is 9.78. The highest BCUT2D eigenvalue weighted by Crippen LogP contribution is 2.31. The third kappa shape index (κ3) is 4.68. The molecule has 4 heteroatoms. The van der Waals surface area contributed by atoms with Crippen molar-refractivity contribution in [1.82, 2.24) is 9.80 Å². The summed E-state index contributed by atoms with van der Waals surface area (Å²) in [7, 11) is 4.26. The zero-order valence-electron chi connectivity index (χ0n) is 14.1. The first kappa shape index (κ1) is 16.8. The number of nitrogens with zero attached hydrogens (tertiary/aromatic N) is 2. The Hall–Kier alpha value is -0.610. The smallest absolute Gasteiger partial charge is 0.225 e. The SMILES string of the molecule is CC(C(=O)N1CCC(CN(C)C)CC1)C1CCCC(N)C1. The molecule has 1 saturated heterocycles. The van der Waals surface area contributed by atoms with Crippen molar-refractivity contribution >= 4 is 5.91 Å². The fourth-order valence-electron chi connectivity index (χ4n) is 4.06. The van der Waals surface area contributed by atoms with Crippen LogP contribution in [0, 0.1) is 17.8 Å². The number of likely N-dealkylation sites (tertiary alicyclic amines) is 1. The van der Waals surface area contributed by atoms with Gasteiger partial charge in [-0.3, -0.25) is 4.79 Å². The fourth-order valence-corrected chi connectivity index (χ4v) is 4.06. The Bertz CT molecular complexity index is 337. The summed E-state index contributed by atoms with van der Waals surface area (Å²) in [6, 6.07) is 0.310. The van der Waals surface area contributed by atoms with Crippen molar-refractivity contribution < 1.29 is 4.79 Å². The van der Waals surface area contributed by atoms with Gasteiger partial charge in [-0.2, -0.15) is 0 Å². The predicted octanol–water partition coefficient (Wildman–Crippen LogP) is 1.94. The van der Waals surface area contributed by atoms with Crippen molar-refractivity contribution in [2.24, 2.45) is 23.5 Å². The van der Waals surface area contributed by atoms with Gasteiger partial charge in [0.2, 0.25) is 5.91 Å².